The Morgan fingerprint density at radius 1 is 1.67 bits per heavy atom. The van der Waals surface area contributed by atoms with Crippen LogP contribution in [0, 0.1) is 0 Å². The first-order chi connectivity index (χ1) is 2.56. The fourth-order valence-electron chi connectivity index (χ4n) is 0. The van der Waals surface area contributed by atoms with Crippen LogP contribution >= 0.6 is 47.8 Å². The molecule has 0 aromatic rings. The van der Waals surface area contributed by atoms with Gasteiger partial charge in [-0.05, 0) is 6.92 Å². The standard InChI is InChI=1S/C3H7IS2/c1-3(5,6)2-4/h5-6H,2H2,1H3. The molecule has 0 saturated carbocycles. The van der Waals surface area contributed by atoms with Crippen molar-refractivity contribution in [3.8, 4) is 0 Å². The Hall–Kier alpha value is 1.43. The van der Waals surface area contributed by atoms with E-state index in [0.717, 1.165) is 4.43 Å². The molecule has 0 amide bonds. The van der Waals surface area contributed by atoms with Crippen molar-refractivity contribution in [2.24, 2.45) is 0 Å². The molecule has 0 atom stereocenters. The third kappa shape index (κ3) is 5.43. The summed E-state index contributed by atoms with van der Waals surface area (Å²) in [5.41, 5.74) is 0. The van der Waals surface area contributed by atoms with Gasteiger partial charge in [0.15, 0.2) is 0 Å². The molecule has 0 aliphatic heterocycles. The molecule has 0 spiro atoms. The maximum atomic E-state index is 4.11. The number of halogens is 1. The van der Waals surface area contributed by atoms with Gasteiger partial charge < -0.3 is 0 Å². The molecule has 0 aliphatic rings. The van der Waals surface area contributed by atoms with Crippen molar-refractivity contribution >= 4 is 47.8 Å². The van der Waals surface area contributed by atoms with E-state index >= 15 is 0 Å². The summed E-state index contributed by atoms with van der Waals surface area (Å²) in [7, 11) is 0. The van der Waals surface area contributed by atoms with Crippen LogP contribution in [-0.2, 0) is 0 Å². The minimum Gasteiger partial charge on any atom is -0.161 e. The van der Waals surface area contributed by atoms with E-state index < -0.39 is 0 Å². The predicted molar refractivity (Wildman–Crippen MR) is 45.3 cm³/mol. The number of alkyl halides is 1. The molecule has 0 rings (SSSR count). The van der Waals surface area contributed by atoms with Crippen LogP contribution in [-0.4, -0.2) is 8.51 Å². The molecule has 0 fully saturated rings. The molecule has 38 valence electrons. The van der Waals surface area contributed by atoms with E-state index in [1.807, 2.05) is 6.92 Å². The Labute approximate surface area is 63.0 Å². The second-order valence-corrected chi connectivity index (χ2v) is 4.44. The second-order valence-electron chi connectivity index (χ2n) is 1.35. The average molecular weight is 234 g/mol. The van der Waals surface area contributed by atoms with E-state index in [-0.39, 0.29) is 4.08 Å². The summed E-state index contributed by atoms with van der Waals surface area (Å²) in [6.07, 6.45) is 0. The fraction of sp³-hybridized carbons (Fsp3) is 1.00. The van der Waals surface area contributed by atoms with Crippen molar-refractivity contribution in [3.05, 3.63) is 0 Å². The largest absolute Gasteiger partial charge is 0.161 e. The Morgan fingerprint density at radius 2 is 1.83 bits per heavy atom. The Kier molecular flexibility index (Phi) is 3.30. The van der Waals surface area contributed by atoms with Crippen molar-refractivity contribution in [1.29, 1.82) is 0 Å². The van der Waals surface area contributed by atoms with Gasteiger partial charge in [0.1, 0.15) is 0 Å². The van der Waals surface area contributed by atoms with Gasteiger partial charge in [-0.15, -0.1) is 0 Å². The first-order valence-electron chi connectivity index (χ1n) is 1.57. The highest BCUT2D eigenvalue weighted by atomic mass is 127. The Bertz CT molecular complexity index is 38.5. The second kappa shape index (κ2) is 2.67. The highest BCUT2D eigenvalue weighted by Gasteiger charge is 2.07. The topological polar surface area (TPSA) is 0 Å². The quantitative estimate of drug-likeness (QED) is 0.295. The minimum absolute atomic E-state index is 0.0828. The van der Waals surface area contributed by atoms with Crippen molar-refractivity contribution < 1.29 is 0 Å². The van der Waals surface area contributed by atoms with Crippen LogP contribution in [0.2, 0.25) is 0 Å². The summed E-state index contributed by atoms with van der Waals surface area (Å²) in [4.78, 5) is 0. The molecule has 0 aromatic heterocycles. The zero-order valence-corrected chi connectivity index (χ0v) is 7.43. The van der Waals surface area contributed by atoms with Gasteiger partial charge >= 0.3 is 0 Å². The van der Waals surface area contributed by atoms with E-state index in [4.69, 9.17) is 0 Å². The number of thiol groups is 2. The number of rotatable bonds is 1. The van der Waals surface area contributed by atoms with E-state index in [2.05, 4.69) is 47.8 Å². The van der Waals surface area contributed by atoms with E-state index in [9.17, 15) is 0 Å². The SMILES string of the molecule is CC(S)(S)CI. The van der Waals surface area contributed by atoms with Crippen molar-refractivity contribution in [2.45, 2.75) is 11.0 Å². The van der Waals surface area contributed by atoms with Crippen LogP contribution in [0.1, 0.15) is 6.92 Å². The van der Waals surface area contributed by atoms with Crippen molar-refractivity contribution in [2.75, 3.05) is 4.43 Å². The average Bonchev–Trinajstić information content (AvgIpc) is 1.35. The maximum absolute atomic E-state index is 4.11. The van der Waals surface area contributed by atoms with Crippen LogP contribution in [0.3, 0.4) is 0 Å². The molecule has 0 saturated heterocycles. The summed E-state index contributed by atoms with van der Waals surface area (Å²) in [6.45, 7) is 1.96. The molecule has 0 unspecified atom stereocenters. The number of hydrogen-bond acceptors (Lipinski definition) is 2. The predicted octanol–water partition coefficient (Wildman–Crippen LogP) is 2.00. The van der Waals surface area contributed by atoms with Crippen LogP contribution in [0.5, 0.6) is 0 Å². The monoisotopic (exact) mass is 234 g/mol. The highest BCUT2D eigenvalue weighted by molar-refractivity contribution is 14.1. The zero-order valence-electron chi connectivity index (χ0n) is 3.48. The van der Waals surface area contributed by atoms with Crippen LogP contribution in [0.25, 0.3) is 0 Å². The third-order valence-corrected chi connectivity index (χ3v) is 3.30. The smallest absolute Gasteiger partial charge is 0.0612 e. The molecule has 0 heterocycles. The van der Waals surface area contributed by atoms with Gasteiger partial charge in [-0.2, -0.15) is 25.3 Å². The molecule has 6 heavy (non-hydrogen) atoms. The van der Waals surface area contributed by atoms with Gasteiger partial charge in [-0.1, -0.05) is 22.6 Å². The van der Waals surface area contributed by atoms with E-state index in [1.165, 1.54) is 0 Å². The molecule has 3 heteroatoms. The van der Waals surface area contributed by atoms with Crippen LogP contribution in [0.4, 0.5) is 0 Å². The highest BCUT2D eigenvalue weighted by Crippen LogP contribution is 2.19. The van der Waals surface area contributed by atoms with Gasteiger partial charge in [0.05, 0.1) is 4.08 Å². The summed E-state index contributed by atoms with van der Waals surface area (Å²) >= 11 is 10.5. The Morgan fingerprint density at radius 3 is 1.83 bits per heavy atom. The van der Waals surface area contributed by atoms with E-state index in [0.29, 0.717) is 0 Å². The van der Waals surface area contributed by atoms with Gasteiger partial charge in [-0.3, -0.25) is 0 Å². The molecule has 0 aliphatic carbocycles. The molecule has 0 bridgehead atoms. The lowest BCUT2D eigenvalue weighted by atomic mass is 10.5. The summed E-state index contributed by atoms with van der Waals surface area (Å²) in [5, 5.41) is 0. The third-order valence-electron chi connectivity index (χ3n) is 0.253. The summed E-state index contributed by atoms with van der Waals surface area (Å²) in [6, 6.07) is 0. The minimum atomic E-state index is -0.0828. The van der Waals surface area contributed by atoms with Gasteiger partial charge in [0, 0.05) is 4.43 Å². The molecule has 0 aromatic carbocycles. The molecule has 0 N–H and O–H groups in total. The lowest BCUT2D eigenvalue weighted by Crippen LogP contribution is -2.06. The lowest BCUT2D eigenvalue weighted by Gasteiger charge is -2.09. The van der Waals surface area contributed by atoms with Crippen LogP contribution < -0.4 is 0 Å². The van der Waals surface area contributed by atoms with Crippen molar-refractivity contribution in [3.63, 3.8) is 0 Å². The van der Waals surface area contributed by atoms with Gasteiger partial charge in [0.25, 0.3) is 0 Å². The first-order valence-corrected chi connectivity index (χ1v) is 3.99. The van der Waals surface area contributed by atoms with Gasteiger partial charge in [-0.25, -0.2) is 0 Å². The molecular formula is C3H7IS2. The molecule has 0 radical (unpaired) electrons. The molecule has 0 nitrogen and oxygen atoms in total. The maximum Gasteiger partial charge on any atom is 0.0612 e. The normalized spacial score (nSPS) is 12.0. The van der Waals surface area contributed by atoms with Crippen molar-refractivity contribution in [1.82, 2.24) is 0 Å². The van der Waals surface area contributed by atoms with Crippen LogP contribution in [0.15, 0.2) is 0 Å². The zero-order chi connectivity index (χ0) is 5.21. The number of hydrogen-bond donors (Lipinski definition) is 2. The fourth-order valence-corrected chi connectivity index (χ4v) is 0. The first kappa shape index (κ1) is 7.43. The Balaban J connectivity index is 3.17. The molecular weight excluding hydrogens is 227 g/mol. The lowest BCUT2D eigenvalue weighted by molar-refractivity contribution is 1.09. The summed E-state index contributed by atoms with van der Waals surface area (Å²) in [5.74, 6) is 0. The van der Waals surface area contributed by atoms with Gasteiger partial charge in [0.2, 0.25) is 0 Å². The van der Waals surface area contributed by atoms with E-state index in [1.54, 1.807) is 0 Å². The summed E-state index contributed by atoms with van der Waals surface area (Å²) < 4.78 is 0.886.